The third-order valence-electron chi connectivity index (χ3n) is 1.85. The van der Waals surface area contributed by atoms with Crippen LogP contribution in [0.1, 0.15) is 26.7 Å². The first-order valence-corrected chi connectivity index (χ1v) is 4.16. The fourth-order valence-electron chi connectivity index (χ4n) is 1.55. The molecule has 10 heavy (non-hydrogen) atoms. The minimum atomic E-state index is 0.240. The lowest BCUT2D eigenvalue weighted by molar-refractivity contribution is 0.249. The minimum absolute atomic E-state index is 0.240. The van der Waals surface area contributed by atoms with Crippen LogP contribution in [-0.4, -0.2) is 24.5 Å². The summed E-state index contributed by atoms with van der Waals surface area (Å²) in [5, 5.41) is 0. The van der Waals surface area contributed by atoms with Gasteiger partial charge in [-0.15, -0.1) is 0 Å². The number of hydrogen-bond donors (Lipinski definition) is 0. The minimum Gasteiger partial charge on any atom is -0.303 e. The highest BCUT2D eigenvalue weighted by Crippen LogP contribution is 2.17. The van der Waals surface area contributed by atoms with Crippen LogP contribution in [0.4, 0.5) is 0 Å². The Morgan fingerprint density at radius 2 is 1.80 bits per heavy atom. The summed E-state index contributed by atoms with van der Waals surface area (Å²) in [6, 6.07) is 0. The van der Waals surface area contributed by atoms with Crippen molar-refractivity contribution in [2.45, 2.75) is 26.7 Å². The second kappa shape index (κ2) is 2.91. The van der Waals surface area contributed by atoms with Gasteiger partial charge in [-0.05, 0) is 38.3 Å². The summed E-state index contributed by atoms with van der Waals surface area (Å²) >= 11 is 0. The van der Waals surface area contributed by atoms with Gasteiger partial charge in [0.15, 0.2) is 0 Å². The van der Waals surface area contributed by atoms with Gasteiger partial charge in [0.1, 0.15) is 0 Å². The topological polar surface area (TPSA) is 3.24 Å². The zero-order chi connectivity index (χ0) is 7.61. The molecule has 0 N–H and O–H groups in total. The molecule has 0 amide bonds. The van der Waals surface area contributed by atoms with Gasteiger partial charge in [0.2, 0.25) is 0 Å². The number of hydrogen-bond acceptors (Lipinski definition) is 1. The van der Waals surface area contributed by atoms with Crippen LogP contribution in [0.5, 0.6) is 0 Å². The lowest BCUT2D eigenvalue weighted by atomic mass is 9.96. The van der Waals surface area contributed by atoms with E-state index in [-0.39, 0.29) is 5.41 Å². The molecule has 0 aromatic carbocycles. The van der Waals surface area contributed by atoms with Gasteiger partial charge in [0.25, 0.3) is 0 Å². The molecule has 1 aliphatic rings. The van der Waals surface area contributed by atoms with Gasteiger partial charge >= 0.3 is 0 Å². The molecule has 1 radical (unpaired) electrons. The molecule has 1 aliphatic heterocycles. The SMILES string of the molecule is [CH2]C(C)(C)CN1CCCC1. The van der Waals surface area contributed by atoms with Gasteiger partial charge in [-0.1, -0.05) is 13.8 Å². The van der Waals surface area contributed by atoms with Gasteiger partial charge in [0.05, 0.1) is 0 Å². The summed E-state index contributed by atoms with van der Waals surface area (Å²) in [6.45, 7) is 12.2. The average molecular weight is 140 g/mol. The molecule has 59 valence electrons. The Morgan fingerprint density at radius 1 is 1.30 bits per heavy atom. The van der Waals surface area contributed by atoms with E-state index in [9.17, 15) is 0 Å². The van der Waals surface area contributed by atoms with Crippen molar-refractivity contribution < 1.29 is 0 Å². The normalized spacial score (nSPS) is 21.9. The standard InChI is InChI=1S/C9H18N/c1-9(2,3)8-10-6-4-5-7-10/h1,4-8H2,2-3H3. The monoisotopic (exact) mass is 140 g/mol. The molecule has 0 spiro atoms. The van der Waals surface area contributed by atoms with Crippen molar-refractivity contribution in [3.8, 4) is 0 Å². The van der Waals surface area contributed by atoms with E-state index in [2.05, 4.69) is 25.7 Å². The van der Waals surface area contributed by atoms with E-state index in [0.29, 0.717) is 0 Å². The summed E-state index contributed by atoms with van der Waals surface area (Å²) < 4.78 is 0. The maximum absolute atomic E-state index is 4.09. The largest absolute Gasteiger partial charge is 0.303 e. The third-order valence-corrected chi connectivity index (χ3v) is 1.85. The maximum atomic E-state index is 4.09. The predicted molar refractivity (Wildman–Crippen MR) is 44.8 cm³/mol. The van der Waals surface area contributed by atoms with Crippen molar-refractivity contribution >= 4 is 0 Å². The van der Waals surface area contributed by atoms with Gasteiger partial charge in [-0.3, -0.25) is 0 Å². The second-order valence-corrected chi connectivity index (χ2v) is 4.15. The van der Waals surface area contributed by atoms with Crippen LogP contribution < -0.4 is 0 Å². The molecule has 1 saturated heterocycles. The Labute approximate surface area is 64.4 Å². The highest BCUT2D eigenvalue weighted by Gasteiger charge is 2.18. The van der Waals surface area contributed by atoms with Crippen LogP contribution >= 0.6 is 0 Å². The summed E-state index contributed by atoms with van der Waals surface area (Å²) in [5.74, 6) is 0. The van der Waals surface area contributed by atoms with Crippen LogP contribution in [0, 0.1) is 12.3 Å². The third kappa shape index (κ3) is 2.70. The Kier molecular flexibility index (Phi) is 2.35. The number of nitrogens with zero attached hydrogens (tertiary/aromatic N) is 1. The Balaban J connectivity index is 2.24. The molecule has 0 atom stereocenters. The fraction of sp³-hybridized carbons (Fsp3) is 0.889. The number of likely N-dealkylation sites (tertiary alicyclic amines) is 1. The molecule has 0 bridgehead atoms. The Hall–Kier alpha value is -0.0400. The summed E-state index contributed by atoms with van der Waals surface area (Å²) in [6.07, 6.45) is 2.77. The molecule has 0 aromatic rings. The molecule has 1 fully saturated rings. The Bertz CT molecular complexity index is 95.8. The quantitative estimate of drug-likeness (QED) is 0.566. The van der Waals surface area contributed by atoms with Crippen LogP contribution in [0.3, 0.4) is 0 Å². The van der Waals surface area contributed by atoms with Gasteiger partial charge in [-0.25, -0.2) is 0 Å². The lowest BCUT2D eigenvalue weighted by Gasteiger charge is -2.25. The van der Waals surface area contributed by atoms with E-state index in [1.807, 2.05) is 0 Å². The first-order chi connectivity index (χ1) is 4.58. The fourth-order valence-corrected chi connectivity index (χ4v) is 1.55. The molecular formula is C9H18N. The highest BCUT2D eigenvalue weighted by molar-refractivity contribution is 4.78. The highest BCUT2D eigenvalue weighted by atomic mass is 15.1. The molecule has 1 nitrogen and oxygen atoms in total. The van der Waals surface area contributed by atoms with Crippen LogP contribution in [0.25, 0.3) is 0 Å². The van der Waals surface area contributed by atoms with Gasteiger partial charge in [0, 0.05) is 6.54 Å². The molecule has 0 saturated carbocycles. The average Bonchev–Trinajstić information content (AvgIpc) is 2.12. The van der Waals surface area contributed by atoms with E-state index in [0.717, 1.165) is 6.54 Å². The number of rotatable bonds is 2. The second-order valence-electron chi connectivity index (χ2n) is 4.15. The van der Waals surface area contributed by atoms with Crippen LogP contribution in [-0.2, 0) is 0 Å². The van der Waals surface area contributed by atoms with Crippen molar-refractivity contribution in [2.24, 2.45) is 5.41 Å². The first-order valence-electron chi connectivity index (χ1n) is 4.16. The Morgan fingerprint density at radius 3 is 2.20 bits per heavy atom. The maximum Gasteiger partial charge on any atom is 0.00327 e. The van der Waals surface area contributed by atoms with Crippen LogP contribution in [0.2, 0.25) is 0 Å². The zero-order valence-electron chi connectivity index (χ0n) is 7.19. The first kappa shape index (κ1) is 8.06. The van der Waals surface area contributed by atoms with Gasteiger partial charge < -0.3 is 4.90 Å². The lowest BCUT2D eigenvalue weighted by Crippen LogP contribution is -2.30. The van der Waals surface area contributed by atoms with E-state index in [1.165, 1.54) is 25.9 Å². The zero-order valence-corrected chi connectivity index (χ0v) is 7.19. The smallest absolute Gasteiger partial charge is 0.00327 e. The van der Waals surface area contributed by atoms with Gasteiger partial charge in [-0.2, -0.15) is 0 Å². The van der Waals surface area contributed by atoms with Crippen LogP contribution in [0.15, 0.2) is 0 Å². The molecule has 0 aromatic heterocycles. The van der Waals surface area contributed by atoms with Crippen molar-refractivity contribution in [1.82, 2.24) is 4.90 Å². The molecule has 1 rings (SSSR count). The van der Waals surface area contributed by atoms with Crippen molar-refractivity contribution in [2.75, 3.05) is 19.6 Å². The van der Waals surface area contributed by atoms with E-state index in [1.54, 1.807) is 0 Å². The molecule has 1 heterocycles. The summed E-state index contributed by atoms with van der Waals surface area (Å²) in [5.41, 5.74) is 0.240. The van der Waals surface area contributed by atoms with Crippen molar-refractivity contribution in [1.29, 1.82) is 0 Å². The molecule has 1 heteroatoms. The molecular weight excluding hydrogens is 122 g/mol. The van der Waals surface area contributed by atoms with E-state index >= 15 is 0 Å². The van der Waals surface area contributed by atoms with E-state index in [4.69, 9.17) is 0 Å². The predicted octanol–water partition coefficient (Wildman–Crippen LogP) is 1.94. The van der Waals surface area contributed by atoms with Crippen molar-refractivity contribution in [3.05, 3.63) is 6.92 Å². The van der Waals surface area contributed by atoms with Crippen molar-refractivity contribution in [3.63, 3.8) is 0 Å². The van der Waals surface area contributed by atoms with E-state index < -0.39 is 0 Å². The summed E-state index contributed by atoms with van der Waals surface area (Å²) in [4.78, 5) is 2.51. The molecule has 0 unspecified atom stereocenters. The molecule has 0 aliphatic carbocycles. The summed E-state index contributed by atoms with van der Waals surface area (Å²) in [7, 11) is 0.